The van der Waals surface area contributed by atoms with E-state index in [1.165, 1.54) is 6.07 Å². The number of aromatic nitrogens is 2. The molecule has 0 fully saturated rings. The fourth-order valence-corrected chi connectivity index (χ4v) is 2.27. The molecule has 7 nitrogen and oxygen atoms in total. The van der Waals surface area contributed by atoms with Crippen molar-refractivity contribution in [3.8, 4) is 5.75 Å². The van der Waals surface area contributed by atoms with Crippen LogP contribution in [-0.4, -0.2) is 21.3 Å². The molecule has 0 bridgehead atoms. The third kappa shape index (κ3) is 3.55. The lowest BCUT2D eigenvalue weighted by molar-refractivity contribution is -0.385. The fourth-order valence-electron chi connectivity index (χ4n) is 2.27. The Labute approximate surface area is 129 Å². The summed E-state index contributed by atoms with van der Waals surface area (Å²) in [7, 11) is 1.89. The molecular weight excluding hydrogens is 284 g/mol. The monoisotopic (exact) mass is 304 g/mol. The minimum Gasteiger partial charge on any atom is -0.487 e. The number of hydrogen-bond donors (Lipinski definition) is 1. The van der Waals surface area contributed by atoms with E-state index in [0.29, 0.717) is 13.2 Å². The standard InChI is InChI=1S/C15H20N4O3/c1-4-13-11(10-18(3)17-13)9-16-12-6-7-14(19(20)21)15(8-12)22-5-2/h6-8,10,16H,4-5,9H2,1-3H3. The molecule has 1 heterocycles. The molecule has 0 radical (unpaired) electrons. The van der Waals surface area contributed by atoms with E-state index in [1.54, 1.807) is 23.7 Å². The highest BCUT2D eigenvalue weighted by Gasteiger charge is 2.15. The highest BCUT2D eigenvalue weighted by Crippen LogP contribution is 2.30. The van der Waals surface area contributed by atoms with Gasteiger partial charge in [0.2, 0.25) is 0 Å². The second-order valence-electron chi connectivity index (χ2n) is 4.85. The predicted octanol–water partition coefficient (Wildman–Crippen LogP) is 2.90. The molecule has 0 unspecified atom stereocenters. The molecule has 0 saturated heterocycles. The summed E-state index contributed by atoms with van der Waals surface area (Å²) in [5.41, 5.74) is 2.91. The summed E-state index contributed by atoms with van der Waals surface area (Å²) in [5, 5.41) is 18.6. The van der Waals surface area contributed by atoms with E-state index in [2.05, 4.69) is 17.3 Å². The van der Waals surface area contributed by atoms with Crippen molar-refractivity contribution in [2.75, 3.05) is 11.9 Å². The average molecular weight is 304 g/mol. The van der Waals surface area contributed by atoms with Crippen LogP contribution in [0.2, 0.25) is 0 Å². The summed E-state index contributed by atoms with van der Waals surface area (Å²) in [6.07, 6.45) is 2.84. The molecular formula is C15H20N4O3. The first-order chi connectivity index (χ1) is 10.5. The lowest BCUT2D eigenvalue weighted by Crippen LogP contribution is -2.03. The number of rotatable bonds is 7. The van der Waals surface area contributed by atoms with Crippen LogP contribution in [0.1, 0.15) is 25.1 Å². The molecule has 0 aliphatic rings. The highest BCUT2D eigenvalue weighted by atomic mass is 16.6. The van der Waals surface area contributed by atoms with Crippen molar-refractivity contribution in [2.24, 2.45) is 7.05 Å². The van der Waals surface area contributed by atoms with Crippen molar-refractivity contribution < 1.29 is 9.66 Å². The summed E-state index contributed by atoms with van der Waals surface area (Å²) >= 11 is 0. The van der Waals surface area contributed by atoms with Crippen LogP contribution in [0.5, 0.6) is 5.75 Å². The van der Waals surface area contributed by atoms with Crippen LogP contribution in [0.25, 0.3) is 0 Å². The Morgan fingerprint density at radius 1 is 1.41 bits per heavy atom. The van der Waals surface area contributed by atoms with Gasteiger partial charge < -0.3 is 10.1 Å². The number of hydrogen-bond acceptors (Lipinski definition) is 5. The molecule has 0 atom stereocenters. The molecule has 1 aromatic heterocycles. The van der Waals surface area contributed by atoms with Gasteiger partial charge in [0.25, 0.3) is 0 Å². The highest BCUT2D eigenvalue weighted by molar-refractivity contribution is 5.58. The van der Waals surface area contributed by atoms with Crippen molar-refractivity contribution >= 4 is 11.4 Å². The number of nitro benzene ring substituents is 1. The van der Waals surface area contributed by atoms with Crippen LogP contribution in [0.4, 0.5) is 11.4 Å². The Hall–Kier alpha value is -2.57. The van der Waals surface area contributed by atoms with E-state index in [1.807, 2.05) is 13.2 Å². The zero-order valence-electron chi connectivity index (χ0n) is 13.0. The van der Waals surface area contributed by atoms with Crippen LogP contribution < -0.4 is 10.1 Å². The second kappa shape index (κ2) is 6.93. The van der Waals surface area contributed by atoms with Crippen molar-refractivity contribution in [1.82, 2.24) is 9.78 Å². The normalized spacial score (nSPS) is 10.5. The van der Waals surface area contributed by atoms with E-state index in [0.717, 1.165) is 23.4 Å². The van der Waals surface area contributed by atoms with E-state index < -0.39 is 4.92 Å². The quantitative estimate of drug-likeness (QED) is 0.628. The van der Waals surface area contributed by atoms with Gasteiger partial charge in [0.15, 0.2) is 5.75 Å². The second-order valence-corrected chi connectivity index (χ2v) is 4.85. The molecule has 1 aromatic carbocycles. The first-order valence-corrected chi connectivity index (χ1v) is 7.21. The number of benzene rings is 1. The molecule has 0 saturated carbocycles. The summed E-state index contributed by atoms with van der Waals surface area (Å²) in [6, 6.07) is 4.80. The van der Waals surface area contributed by atoms with Crippen molar-refractivity contribution in [2.45, 2.75) is 26.8 Å². The summed E-state index contributed by atoms with van der Waals surface area (Å²) in [4.78, 5) is 10.5. The predicted molar refractivity (Wildman–Crippen MR) is 84.2 cm³/mol. The number of nitrogens with one attached hydrogen (secondary N) is 1. The third-order valence-electron chi connectivity index (χ3n) is 3.27. The minimum atomic E-state index is -0.439. The maximum Gasteiger partial charge on any atom is 0.311 e. The molecule has 2 rings (SSSR count). The van der Waals surface area contributed by atoms with Gasteiger partial charge in [0.1, 0.15) is 0 Å². The molecule has 118 valence electrons. The summed E-state index contributed by atoms with van der Waals surface area (Å²) < 4.78 is 7.13. The first-order valence-electron chi connectivity index (χ1n) is 7.21. The molecule has 0 spiro atoms. The molecule has 22 heavy (non-hydrogen) atoms. The van der Waals surface area contributed by atoms with Crippen molar-refractivity contribution in [1.29, 1.82) is 0 Å². The van der Waals surface area contributed by atoms with Gasteiger partial charge in [-0.05, 0) is 19.4 Å². The Bertz CT molecular complexity index is 667. The van der Waals surface area contributed by atoms with Crippen LogP contribution in [0, 0.1) is 10.1 Å². The smallest absolute Gasteiger partial charge is 0.311 e. The number of aryl methyl sites for hydroxylation is 2. The van der Waals surface area contributed by atoms with Crippen molar-refractivity contribution in [3.05, 3.63) is 45.8 Å². The Morgan fingerprint density at radius 3 is 2.82 bits per heavy atom. The molecule has 0 aliphatic carbocycles. The van der Waals surface area contributed by atoms with Gasteiger partial charge in [-0.1, -0.05) is 6.92 Å². The Morgan fingerprint density at radius 2 is 2.18 bits per heavy atom. The number of nitrogens with zero attached hydrogens (tertiary/aromatic N) is 3. The van der Waals surface area contributed by atoms with Gasteiger partial charge in [-0.3, -0.25) is 14.8 Å². The summed E-state index contributed by atoms with van der Waals surface area (Å²) in [5.74, 6) is 0.277. The fraction of sp³-hybridized carbons (Fsp3) is 0.400. The lowest BCUT2D eigenvalue weighted by atomic mass is 10.2. The lowest BCUT2D eigenvalue weighted by Gasteiger charge is -2.09. The molecule has 7 heteroatoms. The van der Waals surface area contributed by atoms with Gasteiger partial charge in [-0.25, -0.2) is 0 Å². The maximum absolute atomic E-state index is 11.0. The van der Waals surface area contributed by atoms with Crippen LogP contribution in [0.15, 0.2) is 24.4 Å². The van der Waals surface area contributed by atoms with Gasteiger partial charge in [0, 0.05) is 43.2 Å². The Balaban J connectivity index is 2.15. The molecule has 1 N–H and O–H groups in total. The minimum absolute atomic E-state index is 0.0250. The van der Waals surface area contributed by atoms with Gasteiger partial charge >= 0.3 is 5.69 Å². The van der Waals surface area contributed by atoms with Gasteiger partial charge in [-0.15, -0.1) is 0 Å². The number of nitro groups is 1. The number of ether oxygens (including phenoxy) is 1. The van der Waals surface area contributed by atoms with Crippen molar-refractivity contribution in [3.63, 3.8) is 0 Å². The Kier molecular flexibility index (Phi) is 4.98. The molecule has 2 aromatic rings. The maximum atomic E-state index is 11.0. The van der Waals surface area contributed by atoms with Crippen LogP contribution >= 0.6 is 0 Å². The van der Waals surface area contributed by atoms with Gasteiger partial charge in [-0.2, -0.15) is 5.10 Å². The zero-order chi connectivity index (χ0) is 16.1. The summed E-state index contributed by atoms with van der Waals surface area (Å²) in [6.45, 7) is 4.85. The van der Waals surface area contributed by atoms with Gasteiger partial charge in [0.05, 0.1) is 17.2 Å². The van der Waals surface area contributed by atoms with E-state index >= 15 is 0 Å². The molecule has 0 amide bonds. The van der Waals surface area contributed by atoms with E-state index in [-0.39, 0.29) is 11.4 Å². The zero-order valence-corrected chi connectivity index (χ0v) is 13.0. The first kappa shape index (κ1) is 15.8. The largest absolute Gasteiger partial charge is 0.487 e. The van der Waals surface area contributed by atoms with E-state index in [4.69, 9.17) is 4.74 Å². The molecule has 0 aliphatic heterocycles. The average Bonchev–Trinajstić information content (AvgIpc) is 2.85. The topological polar surface area (TPSA) is 82.2 Å². The third-order valence-corrected chi connectivity index (χ3v) is 3.27. The van der Waals surface area contributed by atoms with Crippen LogP contribution in [-0.2, 0) is 20.0 Å². The SMILES string of the molecule is CCOc1cc(NCc2cn(C)nc2CC)ccc1[N+](=O)[O-]. The van der Waals surface area contributed by atoms with E-state index in [9.17, 15) is 10.1 Å². The van der Waals surface area contributed by atoms with Crippen LogP contribution in [0.3, 0.4) is 0 Å². The number of anilines is 1.